The molecule has 1 heterocycles. The molecule has 0 radical (unpaired) electrons. The third-order valence-corrected chi connectivity index (χ3v) is 3.66. The molecule has 0 atom stereocenters. The van der Waals surface area contributed by atoms with E-state index >= 15 is 0 Å². The minimum Gasteiger partial charge on any atom is -0.462 e. The van der Waals surface area contributed by atoms with Crippen molar-refractivity contribution in [1.29, 1.82) is 0 Å². The molecule has 0 aromatic heterocycles. The van der Waals surface area contributed by atoms with Crippen LogP contribution < -0.4 is 4.18 Å². The normalized spacial score (nSPS) is 16.2. The molecule has 1 aliphatic heterocycles. The van der Waals surface area contributed by atoms with Gasteiger partial charge in [-0.05, 0) is 31.2 Å². The van der Waals surface area contributed by atoms with E-state index in [2.05, 4.69) is 4.74 Å². The van der Waals surface area contributed by atoms with Gasteiger partial charge in [0.25, 0.3) is 0 Å². The largest absolute Gasteiger partial charge is 0.462 e. The van der Waals surface area contributed by atoms with Gasteiger partial charge in [-0.15, -0.1) is 0 Å². The first-order valence-electron chi connectivity index (χ1n) is 5.07. The van der Waals surface area contributed by atoms with Gasteiger partial charge in [0.2, 0.25) is 0 Å². The highest BCUT2D eigenvalue weighted by Gasteiger charge is 2.33. The highest BCUT2D eigenvalue weighted by atomic mass is 35.5. The summed E-state index contributed by atoms with van der Waals surface area (Å²) >= 11 is 5.79. The molecule has 0 fully saturated rings. The number of hydrogen-bond acceptors (Lipinski definition) is 5. The summed E-state index contributed by atoms with van der Waals surface area (Å²) in [7, 11) is -4.13. The van der Waals surface area contributed by atoms with Crippen molar-refractivity contribution >= 4 is 33.8 Å². The number of ether oxygens (including phenoxy) is 1. The van der Waals surface area contributed by atoms with E-state index in [9.17, 15) is 13.2 Å². The van der Waals surface area contributed by atoms with Gasteiger partial charge in [-0.25, -0.2) is 4.79 Å². The predicted molar refractivity (Wildman–Crippen MR) is 65.6 cm³/mol. The van der Waals surface area contributed by atoms with Crippen molar-refractivity contribution < 1.29 is 22.1 Å². The number of rotatable bonds is 2. The molecule has 96 valence electrons. The van der Waals surface area contributed by atoms with E-state index in [1.807, 2.05) is 0 Å². The summed E-state index contributed by atoms with van der Waals surface area (Å²) in [5.41, 5.74) is 0.417. The molecule has 0 amide bonds. The summed E-state index contributed by atoms with van der Waals surface area (Å²) in [6.45, 7) is 1.66. The van der Waals surface area contributed by atoms with Crippen LogP contribution in [0.25, 0.3) is 6.08 Å². The van der Waals surface area contributed by atoms with Crippen LogP contribution in [0.1, 0.15) is 12.5 Å². The topological polar surface area (TPSA) is 69.7 Å². The number of benzene rings is 1. The number of hydrogen-bond donors (Lipinski definition) is 0. The Morgan fingerprint density at radius 3 is 2.83 bits per heavy atom. The molecule has 0 unspecified atom stereocenters. The van der Waals surface area contributed by atoms with Crippen molar-refractivity contribution in [3.63, 3.8) is 0 Å². The number of carbonyl (C=O) groups excluding carboxylic acids is 1. The average Bonchev–Trinajstić information content (AvgIpc) is 2.28. The maximum Gasteiger partial charge on any atom is 0.353 e. The second-order valence-electron chi connectivity index (χ2n) is 3.45. The Bertz CT molecular complexity index is 633. The second kappa shape index (κ2) is 4.62. The Morgan fingerprint density at radius 2 is 2.17 bits per heavy atom. The lowest BCUT2D eigenvalue weighted by Crippen LogP contribution is -2.23. The molecule has 2 rings (SSSR count). The van der Waals surface area contributed by atoms with Crippen LogP contribution in [0.3, 0.4) is 0 Å². The van der Waals surface area contributed by atoms with Crippen molar-refractivity contribution in [3.05, 3.63) is 33.7 Å². The molecule has 1 aromatic rings. The minimum absolute atomic E-state index is 0.0775. The van der Waals surface area contributed by atoms with Crippen LogP contribution in [0.2, 0.25) is 5.02 Å². The van der Waals surface area contributed by atoms with Crippen molar-refractivity contribution in [2.75, 3.05) is 6.61 Å². The lowest BCUT2D eigenvalue weighted by molar-refractivity contribution is -0.137. The maximum absolute atomic E-state index is 11.7. The summed E-state index contributed by atoms with van der Waals surface area (Å²) in [5.74, 6) is -0.810. The van der Waals surface area contributed by atoms with Gasteiger partial charge in [0, 0.05) is 10.6 Å². The molecule has 0 spiro atoms. The molecule has 0 N–H and O–H groups in total. The zero-order chi connectivity index (χ0) is 13.3. The first-order chi connectivity index (χ1) is 8.44. The zero-order valence-electron chi connectivity index (χ0n) is 9.34. The highest BCUT2D eigenvalue weighted by Crippen LogP contribution is 2.33. The molecule has 0 saturated carbocycles. The van der Waals surface area contributed by atoms with E-state index in [1.54, 1.807) is 6.92 Å². The SMILES string of the molecule is CCOC(=O)C1=Cc2cc(Cl)ccc2OS1(=O)=O. The Balaban J connectivity index is 2.54. The van der Waals surface area contributed by atoms with E-state index in [0.717, 1.165) is 0 Å². The zero-order valence-corrected chi connectivity index (χ0v) is 10.9. The maximum atomic E-state index is 11.7. The van der Waals surface area contributed by atoms with Gasteiger partial charge in [-0.2, -0.15) is 8.42 Å². The Morgan fingerprint density at radius 1 is 1.44 bits per heavy atom. The fourth-order valence-corrected chi connectivity index (χ4v) is 2.64. The fraction of sp³-hybridized carbons (Fsp3) is 0.182. The first kappa shape index (κ1) is 12.9. The first-order valence-corrected chi connectivity index (χ1v) is 6.85. The van der Waals surface area contributed by atoms with Crippen LogP contribution in [0.5, 0.6) is 5.75 Å². The number of fused-ring (bicyclic) bond motifs is 1. The second-order valence-corrected chi connectivity index (χ2v) is 5.40. The Kier molecular flexibility index (Phi) is 3.32. The lowest BCUT2D eigenvalue weighted by atomic mass is 10.2. The van der Waals surface area contributed by atoms with Crippen LogP contribution in [-0.4, -0.2) is 21.0 Å². The molecular formula is C11H9ClO5S. The highest BCUT2D eigenvalue weighted by molar-refractivity contribution is 7.92. The molecule has 0 saturated heterocycles. The number of halogens is 1. The molecule has 5 nitrogen and oxygen atoms in total. The van der Waals surface area contributed by atoms with E-state index in [4.69, 9.17) is 15.8 Å². The van der Waals surface area contributed by atoms with Crippen LogP contribution in [-0.2, 0) is 19.6 Å². The van der Waals surface area contributed by atoms with E-state index in [-0.39, 0.29) is 12.4 Å². The van der Waals surface area contributed by atoms with Crippen molar-refractivity contribution in [2.45, 2.75) is 6.92 Å². The average molecular weight is 289 g/mol. The minimum atomic E-state index is -4.13. The number of carbonyl (C=O) groups is 1. The molecule has 1 aliphatic rings. The van der Waals surface area contributed by atoms with E-state index in [1.165, 1.54) is 24.3 Å². The summed E-state index contributed by atoms with van der Waals surface area (Å²) in [6, 6.07) is 4.43. The van der Waals surface area contributed by atoms with Gasteiger partial charge in [0.15, 0.2) is 4.91 Å². The Hall–Kier alpha value is -1.53. The molecular weight excluding hydrogens is 280 g/mol. The predicted octanol–water partition coefficient (Wildman–Crippen LogP) is 1.97. The van der Waals surface area contributed by atoms with Crippen molar-refractivity contribution in [1.82, 2.24) is 0 Å². The van der Waals surface area contributed by atoms with Gasteiger partial charge in [-0.1, -0.05) is 11.6 Å². The molecule has 0 bridgehead atoms. The van der Waals surface area contributed by atoms with Gasteiger partial charge in [0.05, 0.1) is 6.61 Å². The molecule has 1 aromatic carbocycles. The van der Waals surface area contributed by atoms with Crippen LogP contribution in [0.15, 0.2) is 23.1 Å². The molecule has 18 heavy (non-hydrogen) atoms. The smallest absolute Gasteiger partial charge is 0.353 e. The molecule has 7 heteroatoms. The summed E-state index contributed by atoms with van der Waals surface area (Å²) in [5, 5.41) is 0.413. The third kappa shape index (κ3) is 2.34. The number of esters is 1. The fourth-order valence-electron chi connectivity index (χ4n) is 1.45. The quantitative estimate of drug-likeness (QED) is 0.615. The van der Waals surface area contributed by atoms with Crippen molar-refractivity contribution in [3.8, 4) is 5.75 Å². The summed E-state index contributed by atoms with van der Waals surface area (Å²) < 4.78 is 32.9. The van der Waals surface area contributed by atoms with Crippen LogP contribution in [0, 0.1) is 0 Å². The van der Waals surface area contributed by atoms with Gasteiger partial charge in [0.1, 0.15) is 5.75 Å². The lowest BCUT2D eigenvalue weighted by Gasteiger charge is -2.16. The van der Waals surface area contributed by atoms with E-state index in [0.29, 0.717) is 10.6 Å². The van der Waals surface area contributed by atoms with Gasteiger partial charge >= 0.3 is 16.1 Å². The van der Waals surface area contributed by atoms with Crippen LogP contribution >= 0.6 is 11.6 Å². The molecule has 0 aliphatic carbocycles. The monoisotopic (exact) mass is 288 g/mol. The van der Waals surface area contributed by atoms with Gasteiger partial charge < -0.3 is 8.92 Å². The Labute approximate surface area is 109 Å². The summed E-state index contributed by atoms with van der Waals surface area (Å²) in [4.78, 5) is 11.0. The summed E-state index contributed by atoms with van der Waals surface area (Å²) in [6.07, 6.45) is 1.19. The van der Waals surface area contributed by atoms with Crippen molar-refractivity contribution in [2.24, 2.45) is 0 Å². The van der Waals surface area contributed by atoms with Crippen LogP contribution in [0.4, 0.5) is 0 Å². The van der Waals surface area contributed by atoms with Gasteiger partial charge in [-0.3, -0.25) is 0 Å². The standard InChI is InChI=1S/C11H9ClO5S/c1-2-16-11(13)10-6-7-5-8(12)3-4-9(7)17-18(10,14)15/h3-6H,2H2,1H3. The van der Waals surface area contributed by atoms with E-state index < -0.39 is 21.0 Å². The third-order valence-electron chi connectivity index (χ3n) is 2.20.